The number of rotatable bonds is 6. The van der Waals surface area contributed by atoms with Gasteiger partial charge in [0, 0.05) is 6.42 Å². The van der Waals surface area contributed by atoms with Crippen molar-refractivity contribution in [3.8, 4) is 5.75 Å². The predicted molar refractivity (Wildman–Crippen MR) is 68.6 cm³/mol. The van der Waals surface area contributed by atoms with Crippen LogP contribution in [0.15, 0.2) is 29.4 Å². The van der Waals surface area contributed by atoms with Gasteiger partial charge in [-0.2, -0.15) is 0 Å². The number of nitrogens with two attached hydrogens (primary N) is 1. The Hall–Kier alpha value is -1.71. The molecule has 1 unspecified atom stereocenters. The van der Waals surface area contributed by atoms with E-state index < -0.39 is 0 Å². The maximum Gasteiger partial charge on any atom is 0.142 e. The molecule has 0 aliphatic carbocycles. The van der Waals surface area contributed by atoms with E-state index in [4.69, 9.17) is 15.7 Å². The molecule has 0 aliphatic rings. The zero-order valence-electron chi connectivity index (χ0n) is 10.4. The number of nitrogens with zero attached hydrogens (tertiary/aromatic N) is 1. The third-order valence-corrected chi connectivity index (χ3v) is 2.65. The molecule has 0 aromatic heterocycles. The Kier molecular flexibility index (Phi) is 5.33. The van der Waals surface area contributed by atoms with Crippen molar-refractivity contribution in [2.45, 2.75) is 39.2 Å². The molecule has 0 radical (unpaired) electrons. The molecule has 1 atom stereocenters. The highest BCUT2D eigenvalue weighted by atomic mass is 16.5. The molecule has 4 nitrogen and oxygen atoms in total. The smallest absolute Gasteiger partial charge is 0.142 e. The molecule has 0 bridgehead atoms. The topological polar surface area (TPSA) is 67.8 Å². The Bertz CT molecular complexity index is 360. The van der Waals surface area contributed by atoms with Gasteiger partial charge in [-0.25, -0.2) is 0 Å². The summed E-state index contributed by atoms with van der Waals surface area (Å²) in [5.41, 5.74) is 6.75. The van der Waals surface area contributed by atoms with Gasteiger partial charge in [0.1, 0.15) is 17.7 Å². The van der Waals surface area contributed by atoms with Crippen molar-refractivity contribution in [2.75, 3.05) is 0 Å². The molecule has 0 fully saturated rings. The molecule has 17 heavy (non-hydrogen) atoms. The third kappa shape index (κ3) is 4.34. The standard InChI is InChI=1S/C13H20N2O2/c1-3-10-5-7-12(8-6-10)17-11(4-2)9-13(14)15-16/h5-8,11,16H,3-4,9H2,1-2H3,(H2,14,15). The quantitative estimate of drug-likeness (QED) is 0.345. The summed E-state index contributed by atoms with van der Waals surface area (Å²) in [6, 6.07) is 8.00. The molecule has 0 saturated heterocycles. The van der Waals surface area contributed by atoms with Crippen molar-refractivity contribution < 1.29 is 9.94 Å². The minimum atomic E-state index is -0.0571. The Morgan fingerprint density at radius 1 is 1.35 bits per heavy atom. The summed E-state index contributed by atoms with van der Waals surface area (Å²) in [7, 11) is 0. The Morgan fingerprint density at radius 3 is 2.47 bits per heavy atom. The van der Waals surface area contributed by atoms with Crippen molar-refractivity contribution in [2.24, 2.45) is 10.9 Å². The van der Waals surface area contributed by atoms with Crippen LogP contribution in [0.4, 0.5) is 0 Å². The van der Waals surface area contributed by atoms with E-state index in [0.29, 0.717) is 6.42 Å². The number of hydrogen-bond acceptors (Lipinski definition) is 3. The first kappa shape index (κ1) is 13.4. The molecule has 0 saturated carbocycles. The number of hydrogen-bond donors (Lipinski definition) is 2. The normalized spacial score (nSPS) is 13.4. The minimum absolute atomic E-state index is 0.0571. The average molecular weight is 236 g/mol. The summed E-state index contributed by atoms with van der Waals surface area (Å²) in [5, 5.41) is 11.5. The number of amidine groups is 1. The molecule has 3 N–H and O–H groups in total. The van der Waals surface area contributed by atoms with Crippen LogP contribution in [0, 0.1) is 0 Å². The minimum Gasteiger partial charge on any atom is -0.490 e. The van der Waals surface area contributed by atoms with E-state index in [1.807, 2.05) is 31.2 Å². The van der Waals surface area contributed by atoms with E-state index in [1.165, 1.54) is 5.56 Å². The lowest BCUT2D eigenvalue weighted by molar-refractivity contribution is 0.202. The van der Waals surface area contributed by atoms with Crippen LogP contribution >= 0.6 is 0 Å². The molecule has 1 aromatic rings. The van der Waals surface area contributed by atoms with Crippen LogP contribution in [0.5, 0.6) is 5.75 Å². The van der Waals surface area contributed by atoms with E-state index in [1.54, 1.807) is 0 Å². The SMILES string of the molecule is CCc1ccc(OC(CC)C/C(N)=N/O)cc1. The fourth-order valence-corrected chi connectivity index (χ4v) is 1.54. The second kappa shape index (κ2) is 6.78. The maximum atomic E-state index is 8.52. The van der Waals surface area contributed by atoms with Crippen molar-refractivity contribution in [1.82, 2.24) is 0 Å². The number of aryl methyl sites for hydroxylation is 1. The van der Waals surface area contributed by atoms with E-state index in [0.717, 1.165) is 18.6 Å². The predicted octanol–water partition coefficient (Wildman–Crippen LogP) is 2.54. The van der Waals surface area contributed by atoms with Crippen LogP contribution in [-0.2, 0) is 6.42 Å². The third-order valence-electron chi connectivity index (χ3n) is 2.65. The van der Waals surface area contributed by atoms with Gasteiger partial charge in [0.25, 0.3) is 0 Å². The number of ether oxygens (including phenoxy) is 1. The van der Waals surface area contributed by atoms with E-state index in [9.17, 15) is 0 Å². The van der Waals surface area contributed by atoms with Crippen LogP contribution < -0.4 is 10.5 Å². The van der Waals surface area contributed by atoms with Crippen molar-refractivity contribution >= 4 is 5.84 Å². The molecule has 0 amide bonds. The van der Waals surface area contributed by atoms with Gasteiger partial charge in [-0.3, -0.25) is 0 Å². The second-order valence-corrected chi connectivity index (χ2v) is 3.94. The average Bonchev–Trinajstić information content (AvgIpc) is 2.38. The Balaban J connectivity index is 2.60. The molecule has 0 aliphatic heterocycles. The Morgan fingerprint density at radius 2 is 2.00 bits per heavy atom. The maximum absolute atomic E-state index is 8.52. The molecule has 1 aromatic carbocycles. The molecular weight excluding hydrogens is 216 g/mol. The first-order valence-electron chi connectivity index (χ1n) is 5.91. The van der Waals surface area contributed by atoms with Gasteiger partial charge in [-0.15, -0.1) is 0 Å². The van der Waals surface area contributed by atoms with Crippen molar-refractivity contribution in [3.05, 3.63) is 29.8 Å². The highest BCUT2D eigenvalue weighted by molar-refractivity contribution is 5.80. The van der Waals surface area contributed by atoms with E-state index in [-0.39, 0.29) is 11.9 Å². The zero-order chi connectivity index (χ0) is 12.7. The van der Waals surface area contributed by atoms with Crippen LogP contribution in [0.2, 0.25) is 0 Å². The van der Waals surface area contributed by atoms with Gasteiger partial charge in [-0.05, 0) is 30.5 Å². The van der Waals surface area contributed by atoms with E-state index in [2.05, 4.69) is 12.1 Å². The fraction of sp³-hybridized carbons (Fsp3) is 0.462. The van der Waals surface area contributed by atoms with Gasteiger partial charge in [0.2, 0.25) is 0 Å². The number of oxime groups is 1. The molecular formula is C13H20N2O2. The molecule has 0 heterocycles. The highest BCUT2D eigenvalue weighted by Crippen LogP contribution is 2.16. The molecule has 1 rings (SSSR count). The Labute approximate surface area is 102 Å². The van der Waals surface area contributed by atoms with Gasteiger partial charge in [-0.1, -0.05) is 31.1 Å². The highest BCUT2D eigenvalue weighted by Gasteiger charge is 2.10. The second-order valence-electron chi connectivity index (χ2n) is 3.94. The lowest BCUT2D eigenvalue weighted by atomic mass is 10.1. The molecule has 0 spiro atoms. The summed E-state index contributed by atoms with van der Waals surface area (Å²) in [4.78, 5) is 0. The summed E-state index contributed by atoms with van der Waals surface area (Å²) >= 11 is 0. The molecule has 94 valence electrons. The van der Waals surface area contributed by atoms with Gasteiger partial charge >= 0.3 is 0 Å². The number of benzene rings is 1. The largest absolute Gasteiger partial charge is 0.490 e. The summed E-state index contributed by atoms with van der Waals surface area (Å²) < 4.78 is 5.76. The lowest BCUT2D eigenvalue weighted by Crippen LogP contribution is -2.24. The summed E-state index contributed by atoms with van der Waals surface area (Å²) in [6.07, 6.45) is 2.20. The lowest BCUT2D eigenvalue weighted by Gasteiger charge is -2.17. The fourth-order valence-electron chi connectivity index (χ4n) is 1.54. The summed E-state index contributed by atoms with van der Waals surface area (Å²) in [6.45, 7) is 4.12. The van der Waals surface area contributed by atoms with Crippen LogP contribution in [0.25, 0.3) is 0 Å². The van der Waals surface area contributed by atoms with Crippen LogP contribution in [0.3, 0.4) is 0 Å². The molecule has 4 heteroatoms. The first-order valence-corrected chi connectivity index (χ1v) is 5.91. The van der Waals surface area contributed by atoms with E-state index >= 15 is 0 Å². The van der Waals surface area contributed by atoms with Gasteiger partial charge in [0.15, 0.2) is 0 Å². The van der Waals surface area contributed by atoms with Crippen LogP contribution in [0.1, 0.15) is 32.3 Å². The van der Waals surface area contributed by atoms with Crippen LogP contribution in [-0.4, -0.2) is 17.1 Å². The summed E-state index contributed by atoms with van der Waals surface area (Å²) in [5.74, 6) is 1.02. The van der Waals surface area contributed by atoms with Crippen molar-refractivity contribution in [3.63, 3.8) is 0 Å². The monoisotopic (exact) mass is 236 g/mol. The first-order chi connectivity index (χ1) is 8.19. The zero-order valence-corrected chi connectivity index (χ0v) is 10.4. The van der Waals surface area contributed by atoms with Gasteiger partial charge in [0.05, 0.1) is 0 Å². The van der Waals surface area contributed by atoms with Crippen molar-refractivity contribution in [1.29, 1.82) is 0 Å². The van der Waals surface area contributed by atoms with Gasteiger partial charge < -0.3 is 15.7 Å².